The van der Waals surface area contributed by atoms with Gasteiger partial charge in [-0.05, 0) is 36.3 Å². The number of carbonyl (C=O) groups is 1. The van der Waals surface area contributed by atoms with Crippen molar-refractivity contribution in [1.29, 1.82) is 0 Å². The van der Waals surface area contributed by atoms with Crippen LogP contribution in [0.5, 0.6) is 0 Å². The Kier molecular flexibility index (Phi) is 5.16. The van der Waals surface area contributed by atoms with Crippen molar-refractivity contribution in [2.75, 3.05) is 31.1 Å². The predicted molar refractivity (Wildman–Crippen MR) is 107 cm³/mol. The molecule has 150 valence electrons. The first-order chi connectivity index (χ1) is 13.9. The van der Waals surface area contributed by atoms with Gasteiger partial charge in [0.05, 0.1) is 4.90 Å². The molecule has 1 aliphatic rings. The van der Waals surface area contributed by atoms with Gasteiger partial charge in [-0.15, -0.1) is 0 Å². The first-order valence-electron chi connectivity index (χ1n) is 9.20. The van der Waals surface area contributed by atoms with Crippen molar-refractivity contribution in [3.8, 4) is 11.5 Å². The fourth-order valence-electron chi connectivity index (χ4n) is 3.18. The lowest BCUT2D eigenvalue weighted by molar-refractivity contribution is 0.101. The normalized spacial score (nSPS) is 15.4. The number of anilines is 1. The highest BCUT2D eigenvalue weighted by atomic mass is 32.2. The van der Waals surface area contributed by atoms with Crippen LogP contribution in [-0.2, 0) is 10.0 Å². The summed E-state index contributed by atoms with van der Waals surface area (Å²) in [6, 6.07) is 15.5. The molecule has 3 aromatic rings. The Labute approximate surface area is 168 Å². The van der Waals surface area contributed by atoms with Crippen LogP contribution in [-0.4, -0.2) is 54.8 Å². The van der Waals surface area contributed by atoms with Gasteiger partial charge in [0, 0.05) is 37.3 Å². The average molecular weight is 412 g/mol. The standard InChI is InChI=1S/C20H20N4O4S/c1-15(25)16-7-9-18(10-8-16)29(26,27)24-13-11-23(12-14-24)20-21-19(28-22-20)17-5-3-2-4-6-17/h2-10H,11-14H2,1H3. The van der Waals surface area contributed by atoms with Gasteiger partial charge in [0.25, 0.3) is 11.8 Å². The Balaban J connectivity index is 1.44. The van der Waals surface area contributed by atoms with E-state index in [9.17, 15) is 13.2 Å². The van der Waals surface area contributed by atoms with Crippen LogP contribution in [0, 0.1) is 0 Å². The van der Waals surface area contributed by atoms with Crippen molar-refractivity contribution in [2.24, 2.45) is 0 Å². The molecule has 0 bridgehead atoms. The number of ketones is 1. The number of sulfonamides is 1. The first kappa shape index (κ1) is 19.3. The fraction of sp³-hybridized carbons (Fsp3) is 0.250. The van der Waals surface area contributed by atoms with Crippen LogP contribution in [0.3, 0.4) is 0 Å². The van der Waals surface area contributed by atoms with Gasteiger partial charge >= 0.3 is 0 Å². The van der Waals surface area contributed by atoms with E-state index in [4.69, 9.17) is 4.52 Å². The van der Waals surface area contributed by atoms with Crippen LogP contribution >= 0.6 is 0 Å². The highest BCUT2D eigenvalue weighted by Crippen LogP contribution is 2.23. The summed E-state index contributed by atoms with van der Waals surface area (Å²) in [6.07, 6.45) is 0. The fourth-order valence-corrected chi connectivity index (χ4v) is 4.60. The van der Waals surface area contributed by atoms with Crippen molar-refractivity contribution in [2.45, 2.75) is 11.8 Å². The molecule has 0 unspecified atom stereocenters. The zero-order valence-electron chi connectivity index (χ0n) is 15.9. The summed E-state index contributed by atoms with van der Waals surface area (Å²) in [5, 5.41) is 4.03. The molecule has 0 radical (unpaired) electrons. The maximum absolute atomic E-state index is 12.9. The van der Waals surface area contributed by atoms with Crippen LogP contribution in [0.15, 0.2) is 64.0 Å². The molecule has 2 aromatic carbocycles. The van der Waals surface area contributed by atoms with Gasteiger partial charge in [-0.1, -0.05) is 30.3 Å². The minimum Gasteiger partial charge on any atom is -0.336 e. The largest absolute Gasteiger partial charge is 0.336 e. The lowest BCUT2D eigenvalue weighted by Crippen LogP contribution is -2.49. The van der Waals surface area contributed by atoms with Crippen molar-refractivity contribution >= 4 is 21.8 Å². The van der Waals surface area contributed by atoms with Gasteiger partial charge < -0.3 is 9.42 Å². The van der Waals surface area contributed by atoms with E-state index < -0.39 is 10.0 Å². The number of aromatic nitrogens is 2. The number of carbonyl (C=O) groups excluding carboxylic acids is 1. The van der Waals surface area contributed by atoms with E-state index in [-0.39, 0.29) is 10.7 Å². The van der Waals surface area contributed by atoms with E-state index in [2.05, 4.69) is 10.1 Å². The molecule has 1 aromatic heterocycles. The number of piperazine rings is 1. The zero-order chi connectivity index (χ0) is 20.4. The number of benzene rings is 2. The molecule has 2 heterocycles. The van der Waals surface area contributed by atoms with Crippen LogP contribution in [0.1, 0.15) is 17.3 Å². The van der Waals surface area contributed by atoms with Gasteiger partial charge in [0.15, 0.2) is 5.78 Å². The summed E-state index contributed by atoms with van der Waals surface area (Å²) in [5.41, 5.74) is 1.32. The molecule has 1 fully saturated rings. The summed E-state index contributed by atoms with van der Waals surface area (Å²) in [6.45, 7) is 2.99. The number of hydrogen-bond acceptors (Lipinski definition) is 7. The van der Waals surface area contributed by atoms with Crippen molar-refractivity contribution < 1.29 is 17.7 Å². The van der Waals surface area contributed by atoms with E-state index in [1.807, 2.05) is 35.2 Å². The molecule has 0 saturated carbocycles. The SMILES string of the molecule is CC(=O)c1ccc(S(=O)(=O)N2CCN(c3noc(-c4ccccc4)n3)CC2)cc1. The van der Waals surface area contributed by atoms with E-state index in [1.54, 1.807) is 0 Å². The maximum atomic E-state index is 12.9. The Hall–Kier alpha value is -3.04. The van der Waals surface area contributed by atoms with Crippen LogP contribution in [0.25, 0.3) is 11.5 Å². The second-order valence-electron chi connectivity index (χ2n) is 6.74. The summed E-state index contributed by atoms with van der Waals surface area (Å²) in [7, 11) is -3.62. The predicted octanol–water partition coefficient (Wildman–Crippen LogP) is 2.45. The summed E-state index contributed by atoms with van der Waals surface area (Å²) >= 11 is 0. The van der Waals surface area contributed by atoms with Crippen LogP contribution in [0.2, 0.25) is 0 Å². The second kappa shape index (κ2) is 7.76. The smallest absolute Gasteiger partial charge is 0.266 e. The minimum atomic E-state index is -3.62. The van der Waals surface area contributed by atoms with Gasteiger partial charge in [-0.25, -0.2) is 8.42 Å². The molecule has 9 heteroatoms. The Morgan fingerprint density at radius 3 is 2.24 bits per heavy atom. The van der Waals surface area contributed by atoms with Crippen molar-refractivity contribution in [3.63, 3.8) is 0 Å². The molecule has 0 aliphatic carbocycles. The van der Waals surface area contributed by atoms with E-state index >= 15 is 0 Å². The molecule has 4 rings (SSSR count). The molecule has 1 saturated heterocycles. The summed E-state index contributed by atoms with van der Waals surface area (Å²) < 4.78 is 32.5. The lowest BCUT2D eigenvalue weighted by atomic mass is 10.2. The third-order valence-corrected chi connectivity index (χ3v) is 6.77. The summed E-state index contributed by atoms with van der Waals surface area (Å²) in [4.78, 5) is 17.9. The molecular weight excluding hydrogens is 392 g/mol. The third kappa shape index (κ3) is 3.92. The Morgan fingerprint density at radius 1 is 0.966 bits per heavy atom. The Bertz CT molecular complexity index is 1100. The molecule has 29 heavy (non-hydrogen) atoms. The molecular formula is C20H20N4O4S. The second-order valence-corrected chi connectivity index (χ2v) is 8.68. The molecule has 1 aliphatic heterocycles. The minimum absolute atomic E-state index is 0.0995. The van der Waals surface area contributed by atoms with Gasteiger partial charge in [0.1, 0.15) is 0 Å². The van der Waals surface area contributed by atoms with E-state index in [0.29, 0.717) is 43.6 Å². The zero-order valence-corrected chi connectivity index (χ0v) is 16.7. The lowest BCUT2D eigenvalue weighted by Gasteiger charge is -2.33. The number of rotatable bonds is 5. The molecule has 0 spiro atoms. The highest BCUT2D eigenvalue weighted by molar-refractivity contribution is 7.89. The Morgan fingerprint density at radius 2 is 1.62 bits per heavy atom. The number of hydrogen-bond donors (Lipinski definition) is 0. The third-order valence-electron chi connectivity index (χ3n) is 4.86. The highest BCUT2D eigenvalue weighted by Gasteiger charge is 2.30. The molecule has 8 nitrogen and oxygen atoms in total. The first-order valence-corrected chi connectivity index (χ1v) is 10.6. The van der Waals surface area contributed by atoms with Crippen molar-refractivity contribution in [3.05, 3.63) is 60.2 Å². The average Bonchev–Trinajstić information content (AvgIpc) is 3.25. The van der Waals surface area contributed by atoms with E-state index in [0.717, 1.165) is 5.56 Å². The van der Waals surface area contributed by atoms with Gasteiger partial charge in [-0.2, -0.15) is 9.29 Å². The number of Topliss-reactive ketones (excluding diaryl/α,β-unsaturated/α-hetero) is 1. The maximum Gasteiger partial charge on any atom is 0.266 e. The number of nitrogens with zero attached hydrogens (tertiary/aromatic N) is 4. The molecule has 0 amide bonds. The van der Waals surface area contributed by atoms with Crippen molar-refractivity contribution in [1.82, 2.24) is 14.4 Å². The molecule has 0 atom stereocenters. The monoisotopic (exact) mass is 412 g/mol. The van der Waals surface area contributed by atoms with Gasteiger partial charge in [-0.3, -0.25) is 4.79 Å². The summed E-state index contributed by atoms with van der Waals surface area (Å²) in [5.74, 6) is 0.783. The van der Waals surface area contributed by atoms with E-state index in [1.165, 1.54) is 35.5 Å². The van der Waals surface area contributed by atoms with Crippen LogP contribution in [0.4, 0.5) is 5.95 Å². The quantitative estimate of drug-likeness (QED) is 0.594. The van der Waals surface area contributed by atoms with Crippen LogP contribution < -0.4 is 4.90 Å². The van der Waals surface area contributed by atoms with Gasteiger partial charge in [0.2, 0.25) is 10.0 Å². The topological polar surface area (TPSA) is 96.6 Å². The molecule has 0 N–H and O–H groups in total.